The minimum Gasteiger partial charge on any atom is -0.393 e. The van der Waals surface area contributed by atoms with Gasteiger partial charge in [0.1, 0.15) is 0 Å². The molecule has 1 rings (SSSR count). The average molecular weight is 217 g/mol. The van der Waals surface area contributed by atoms with Crippen LogP contribution < -0.4 is 5.32 Å². The van der Waals surface area contributed by atoms with Crippen molar-refractivity contribution in [2.75, 3.05) is 26.3 Å². The van der Waals surface area contributed by atoms with E-state index in [1.807, 2.05) is 6.92 Å². The fraction of sp³-hybridized carbons (Fsp3) is 1.00. The minimum absolute atomic E-state index is 0.106. The fourth-order valence-corrected chi connectivity index (χ4v) is 2.00. The van der Waals surface area contributed by atoms with Crippen molar-refractivity contribution in [1.29, 1.82) is 0 Å². The molecule has 90 valence electrons. The molecule has 1 aliphatic rings. The molecule has 0 amide bonds. The third-order valence-electron chi connectivity index (χ3n) is 2.84. The Morgan fingerprint density at radius 1 is 1.47 bits per heavy atom. The van der Waals surface area contributed by atoms with E-state index in [9.17, 15) is 10.2 Å². The predicted octanol–water partition coefficient (Wildman–Crippen LogP) is 0.134. The SMILES string of the molecule is CCOCC(O)CNCC1CCC(O)C1. The molecule has 1 fully saturated rings. The number of hydrogen-bond acceptors (Lipinski definition) is 4. The van der Waals surface area contributed by atoms with E-state index in [2.05, 4.69) is 5.32 Å². The Morgan fingerprint density at radius 3 is 2.87 bits per heavy atom. The summed E-state index contributed by atoms with van der Waals surface area (Å²) in [6.07, 6.45) is 2.39. The molecule has 0 bridgehead atoms. The van der Waals surface area contributed by atoms with Crippen molar-refractivity contribution in [2.24, 2.45) is 5.92 Å². The molecule has 1 saturated carbocycles. The summed E-state index contributed by atoms with van der Waals surface area (Å²) >= 11 is 0. The number of ether oxygens (including phenoxy) is 1. The highest BCUT2D eigenvalue weighted by Gasteiger charge is 2.22. The standard InChI is InChI=1S/C11H23NO3/c1-2-15-8-11(14)7-12-6-9-3-4-10(13)5-9/h9-14H,2-8H2,1H3. The zero-order chi connectivity index (χ0) is 11.1. The Hall–Kier alpha value is -0.160. The highest BCUT2D eigenvalue weighted by molar-refractivity contribution is 4.76. The molecule has 1 aliphatic carbocycles. The Balaban J connectivity index is 1.96. The number of rotatable bonds is 7. The van der Waals surface area contributed by atoms with Gasteiger partial charge in [-0.1, -0.05) is 0 Å². The molecule has 0 aromatic rings. The molecule has 3 N–H and O–H groups in total. The lowest BCUT2D eigenvalue weighted by atomic mass is 10.1. The van der Waals surface area contributed by atoms with Crippen molar-refractivity contribution in [2.45, 2.75) is 38.4 Å². The van der Waals surface area contributed by atoms with Crippen LogP contribution in [0.1, 0.15) is 26.2 Å². The minimum atomic E-state index is -0.420. The van der Waals surface area contributed by atoms with E-state index in [1.165, 1.54) is 0 Å². The summed E-state index contributed by atoms with van der Waals surface area (Å²) in [6, 6.07) is 0. The first-order valence-corrected chi connectivity index (χ1v) is 5.87. The average Bonchev–Trinajstić information content (AvgIpc) is 2.61. The van der Waals surface area contributed by atoms with E-state index in [0.29, 0.717) is 25.7 Å². The molecule has 0 aliphatic heterocycles. The van der Waals surface area contributed by atoms with Crippen LogP contribution in [0.15, 0.2) is 0 Å². The zero-order valence-electron chi connectivity index (χ0n) is 9.48. The van der Waals surface area contributed by atoms with Crippen molar-refractivity contribution in [3.63, 3.8) is 0 Å². The van der Waals surface area contributed by atoms with Gasteiger partial charge in [-0.3, -0.25) is 0 Å². The molecule has 4 heteroatoms. The van der Waals surface area contributed by atoms with E-state index in [-0.39, 0.29) is 6.10 Å². The maximum Gasteiger partial charge on any atom is 0.0897 e. The van der Waals surface area contributed by atoms with Crippen LogP contribution >= 0.6 is 0 Å². The normalized spacial score (nSPS) is 28.2. The second-order valence-corrected chi connectivity index (χ2v) is 4.30. The Kier molecular flexibility index (Phi) is 6.17. The van der Waals surface area contributed by atoms with Gasteiger partial charge < -0.3 is 20.3 Å². The van der Waals surface area contributed by atoms with Crippen molar-refractivity contribution in [3.8, 4) is 0 Å². The molecule has 0 saturated heterocycles. The summed E-state index contributed by atoms with van der Waals surface area (Å²) in [7, 11) is 0. The molecular formula is C11H23NO3. The summed E-state index contributed by atoms with van der Waals surface area (Å²) in [5.74, 6) is 0.569. The third kappa shape index (κ3) is 5.47. The van der Waals surface area contributed by atoms with Crippen LogP contribution in [-0.4, -0.2) is 48.7 Å². The first kappa shape index (κ1) is 12.9. The van der Waals surface area contributed by atoms with Crippen LogP contribution in [0.25, 0.3) is 0 Å². The summed E-state index contributed by atoms with van der Waals surface area (Å²) < 4.78 is 5.10. The van der Waals surface area contributed by atoms with Crippen LogP contribution in [0.3, 0.4) is 0 Å². The molecule has 0 heterocycles. The van der Waals surface area contributed by atoms with Gasteiger partial charge in [0, 0.05) is 13.2 Å². The molecule has 3 atom stereocenters. The van der Waals surface area contributed by atoms with Gasteiger partial charge in [-0.25, -0.2) is 0 Å². The van der Waals surface area contributed by atoms with Crippen LogP contribution in [0.2, 0.25) is 0 Å². The predicted molar refractivity (Wildman–Crippen MR) is 58.7 cm³/mol. The maximum atomic E-state index is 9.47. The number of nitrogens with one attached hydrogen (secondary N) is 1. The van der Waals surface area contributed by atoms with Crippen LogP contribution in [0, 0.1) is 5.92 Å². The third-order valence-corrected chi connectivity index (χ3v) is 2.84. The molecule has 4 nitrogen and oxygen atoms in total. The van der Waals surface area contributed by atoms with Gasteiger partial charge in [-0.05, 0) is 38.6 Å². The van der Waals surface area contributed by atoms with Gasteiger partial charge in [0.05, 0.1) is 18.8 Å². The maximum absolute atomic E-state index is 9.47. The number of aliphatic hydroxyl groups excluding tert-OH is 2. The Morgan fingerprint density at radius 2 is 2.27 bits per heavy atom. The number of aliphatic hydroxyl groups is 2. The van der Waals surface area contributed by atoms with Crippen molar-refractivity contribution >= 4 is 0 Å². The molecule has 0 radical (unpaired) electrons. The zero-order valence-corrected chi connectivity index (χ0v) is 9.48. The highest BCUT2D eigenvalue weighted by atomic mass is 16.5. The van der Waals surface area contributed by atoms with E-state index in [1.54, 1.807) is 0 Å². The van der Waals surface area contributed by atoms with Crippen molar-refractivity contribution < 1.29 is 14.9 Å². The summed E-state index contributed by atoms with van der Waals surface area (Å²) in [5, 5.41) is 22.0. The lowest BCUT2D eigenvalue weighted by Gasteiger charge is -2.14. The largest absolute Gasteiger partial charge is 0.393 e. The lowest BCUT2D eigenvalue weighted by molar-refractivity contribution is 0.0424. The summed E-state index contributed by atoms with van der Waals surface area (Å²) in [5.41, 5.74) is 0. The summed E-state index contributed by atoms with van der Waals surface area (Å²) in [4.78, 5) is 0. The van der Waals surface area contributed by atoms with Crippen LogP contribution in [0.4, 0.5) is 0 Å². The van der Waals surface area contributed by atoms with E-state index in [0.717, 1.165) is 25.8 Å². The van der Waals surface area contributed by atoms with E-state index in [4.69, 9.17) is 4.74 Å². The Labute approximate surface area is 91.6 Å². The molecule has 15 heavy (non-hydrogen) atoms. The van der Waals surface area contributed by atoms with Gasteiger partial charge in [-0.15, -0.1) is 0 Å². The first-order valence-electron chi connectivity index (χ1n) is 5.87. The summed E-state index contributed by atoms with van der Waals surface area (Å²) in [6.45, 7) is 4.43. The smallest absolute Gasteiger partial charge is 0.0897 e. The second-order valence-electron chi connectivity index (χ2n) is 4.30. The first-order chi connectivity index (χ1) is 7.22. The van der Waals surface area contributed by atoms with Crippen molar-refractivity contribution in [3.05, 3.63) is 0 Å². The van der Waals surface area contributed by atoms with Gasteiger partial charge in [0.25, 0.3) is 0 Å². The van der Waals surface area contributed by atoms with E-state index < -0.39 is 6.10 Å². The van der Waals surface area contributed by atoms with Gasteiger partial charge in [-0.2, -0.15) is 0 Å². The quantitative estimate of drug-likeness (QED) is 0.567. The second kappa shape index (κ2) is 7.17. The van der Waals surface area contributed by atoms with Crippen LogP contribution in [-0.2, 0) is 4.74 Å². The fourth-order valence-electron chi connectivity index (χ4n) is 2.00. The van der Waals surface area contributed by atoms with E-state index >= 15 is 0 Å². The lowest BCUT2D eigenvalue weighted by Crippen LogP contribution is -2.33. The van der Waals surface area contributed by atoms with Gasteiger partial charge >= 0.3 is 0 Å². The van der Waals surface area contributed by atoms with Crippen molar-refractivity contribution in [1.82, 2.24) is 5.32 Å². The molecule has 0 aromatic heterocycles. The van der Waals surface area contributed by atoms with Gasteiger partial charge in [0.15, 0.2) is 0 Å². The van der Waals surface area contributed by atoms with Crippen LogP contribution in [0.5, 0.6) is 0 Å². The molecular weight excluding hydrogens is 194 g/mol. The topological polar surface area (TPSA) is 61.7 Å². The monoisotopic (exact) mass is 217 g/mol. The molecule has 0 aromatic carbocycles. The van der Waals surface area contributed by atoms with Gasteiger partial charge in [0.2, 0.25) is 0 Å². The molecule has 3 unspecified atom stereocenters. The molecule has 0 spiro atoms. The Bertz CT molecular complexity index is 166. The highest BCUT2D eigenvalue weighted by Crippen LogP contribution is 2.24. The number of hydrogen-bond donors (Lipinski definition) is 3.